The van der Waals surface area contributed by atoms with Gasteiger partial charge in [-0.1, -0.05) is 47.6 Å². The number of carbonyl (C=O) groups excluding carboxylic acids is 1. The van der Waals surface area contributed by atoms with Gasteiger partial charge < -0.3 is 0 Å². The van der Waals surface area contributed by atoms with Crippen LogP contribution in [-0.2, 0) is 0 Å². The van der Waals surface area contributed by atoms with Crippen LogP contribution in [0.3, 0.4) is 0 Å². The van der Waals surface area contributed by atoms with Crippen molar-refractivity contribution in [3.63, 3.8) is 0 Å². The summed E-state index contributed by atoms with van der Waals surface area (Å²) in [5, 5.41) is 0.447. The monoisotopic (exact) mass is 266 g/mol. The lowest BCUT2D eigenvalue weighted by Crippen LogP contribution is -1.87. The summed E-state index contributed by atoms with van der Waals surface area (Å²) >= 11 is 7.16. The predicted octanol–water partition coefficient (Wildman–Crippen LogP) is 4.44. The van der Waals surface area contributed by atoms with Crippen LogP contribution in [0.4, 0.5) is 4.39 Å². The lowest BCUT2D eigenvalue weighted by atomic mass is 10.2. The second kappa shape index (κ2) is 5.34. The molecule has 0 fully saturated rings. The summed E-state index contributed by atoms with van der Waals surface area (Å²) in [6, 6.07) is 11.4. The molecule has 0 aliphatic carbocycles. The number of rotatable bonds is 3. The molecule has 86 valence electrons. The molecule has 0 bridgehead atoms. The summed E-state index contributed by atoms with van der Waals surface area (Å²) < 4.78 is 13.5. The molecule has 0 saturated heterocycles. The van der Waals surface area contributed by atoms with Crippen LogP contribution in [0.2, 0.25) is 5.02 Å². The second-order valence-electron chi connectivity index (χ2n) is 3.31. The Morgan fingerprint density at radius 1 is 1.12 bits per heavy atom. The van der Waals surface area contributed by atoms with Crippen LogP contribution in [0, 0.1) is 5.82 Å². The highest BCUT2D eigenvalue weighted by atomic mass is 35.5. The number of halogens is 2. The minimum absolute atomic E-state index is 0.325. The Bertz CT molecular complexity index is 557. The Hall–Kier alpha value is -1.32. The number of aldehydes is 1. The zero-order valence-electron chi connectivity index (χ0n) is 8.69. The van der Waals surface area contributed by atoms with Crippen molar-refractivity contribution in [3.05, 3.63) is 58.9 Å². The molecule has 17 heavy (non-hydrogen) atoms. The minimum Gasteiger partial charge on any atom is -0.298 e. The number of carbonyl (C=O) groups is 1. The molecule has 0 N–H and O–H groups in total. The SMILES string of the molecule is O=Cc1cccc(Cl)c1Sc1ccccc1F. The summed E-state index contributed by atoms with van der Waals surface area (Å²) in [5.74, 6) is -0.325. The number of hydrogen-bond acceptors (Lipinski definition) is 2. The molecule has 0 spiro atoms. The van der Waals surface area contributed by atoms with E-state index in [1.807, 2.05) is 0 Å². The lowest BCUT2D eigenvalue weighted by Gasteiger charge is -2.07. The summed E-state index contributed by atoms with van der Waals surface area (Å²) in [4.78, 5) is 11.9. The van der Waals surface area contributed by atoms with Crippen LogP contribution < -0.4 is 0 Å². The van der Waals surface area contributed by atoms with Crippen molar-refractivity contribution in [2.75, 3.05) is 0 Å². The van der Waals surface area contributed by atoms with Crippen LogP contribution in [-0.4, -0.2) is 6.29 Å². The fourth-order valence-electron chi connectivity index (χ4n) is 1.36. The fraction of sp³-hybridized carbons (Fsp3) is 0. The van der Waals surface area contributed by atoms with Gasteiger partial charge in [0.25, 0.3) is 0 Å². The Kier molecular flexibility index (Phi) is 3.82. The smallest absolute Gasteiger partial charge is 0.151 e. The fourth-order valence-corrected chi connectivity index (χ4v) is 2.59. The van der Waals surface area contributed by atoms with Gasteiger partial charge in [-0.3, -0.25) is 4.79 Å². The van der Waals surface area contributed by atoms with E-state index in [1.165, 1.54) is 6.07 Å². The summed E-state index contributed by atoms with van der Waals surface area (Å²) in [5.41, 5.74) is 0.464. The van der Waals surface area contributed by atoms with E-state index in [4.69, 9.17) is 11.6 Å². The van der Waals surface area contributed by atoms with Crippen molar-refractivity contribution < 1.29 is 9.18 Å². The van der Waals surface area contributed by atoms with Crippen molar-refractivity contribution in [2.24, 2.45) is 0 Å². The van der Waals surface area contributed by atoms with E-state index in [0.29, 0.717) is 20.4 Å². The third-order valence-electron chi connectivity index (χ3n) is 2.17. The van der Waals surface area contributed by atoms with Crippen LogP contribution in [0.25, 0.3) is 0 Å². The molecule has 1 nitrogen and oxygen atoms in total. The number of benzene rings is 2. The Morgan fingerprint density at radius 2 is 1.88 bits per heavy atom. The lowest BCUT2D eigenvalue weighted by molar-refractivity contribution is 0.112. The molecule has 0 amide bonds. The first-order valence-electron chi connectivity index (χ1n) is 4.88. The minimum atomic E-state index is -0.325. The molecule has 0 unspecified atom stereocenters. The van der Waals surface area contributed by atoms with E-state index >= 15 is 0 Å². The van der Waals surface area contributed by atoms with Gasteiger partial charge in [0.15, 0.2) is 6.29 Å². The quantitative estimate of drug-likeness (QED) is 0.764. The second-order valence-corrected chi connectivity index (χ2v) is 4.77. The largest absolute Gasteiger partial charge is 0.298 e. The van der Waals surface area contributed by atoms with Gasteiger partial charge >= 0.3 is 0 Å². The van der Waals surface area contributed by atoms with Crippen LogP contribution in [0.5, 0.6) is 0 Å². The molecule has 0 saturated carbocycles. The standard InChI is InChI=1S/C13H8ClFOS/c14-10-5-3-4-9(8-16)13(10)17-12-7-2-1-6-11(12)15/h1-8H. The van der Waals surface area contributed by atoms with Gasteiger partial charge in [0.1, 0.15) is 5.82 Å². The molecule has 4 heteroatoms. The molecule has 2 aromatic rings. The average Bonchev–Trinajstić information content (AvgIpc) is 2.34. The van der Waals surface area contributed by atoms with Crippen molar-refractivity contribution in [2.45, 2.75) is 9.79 Å². The number of hydrogen-bond donors (Lipinski definition) is 0. The Balaban J connectivity index is 2.43. The molecule has 0 radical (unpaired) electrons. The summed E-state index contributed by atoms with van der Waals surface area (Å²) in [6.07, 6.45) is 0.717. The molecule has 2 aromatic carbocycles. The average molecular weight is 267 g/mol. The molecule has 0 aliphatic rings. The molecule has 0 atom stereocenters. The third kappa shape index (κ3) is 2.68. The van der Waals surface area contributed by atoms with Gasteiger partial charge in [-0.05, 0) is 18.2 Å². The van der Waals surface area contributed by atoms with Gasteiger partial charge in [-0.25, -0.2) is 4.39 Å². The Labute approximate surface area is 108 Å². The topological polar surface area (TPSA) is 17.1 Å². The van der Waals surface area contributed by atoms with Gasteiger partial charge in [0.2, 0.25) is 0 Å². The highest BCUT2D eigenvalue weighted by molar-refractivity contribution is 7.99. The zero-order valence-corrected chi connectivity index (χ0v) is 10.3. The highest BCUT2D eigenvalue weighted by Crippen LogP contribution is 2.36. The molecule has 0 aliphatic heterocycles. The maximum Gasteiger partial charge on any atom is 0.151 e. The van der Waals surface area contributed by atoms with Gasteiger partial charge in [0.05, 0.1) is 5.02 Å². The van der Waals surface area contributed by atoms with Gasteiger partial charge in [-0.15, -0.1) is 0 Å². The third-order valence-corrected chi connectivity index (χ3v) is 3.81. The molecular weight excluding hydrogens is 259 g/mol. The molecular formula is C13H8ClFOS. The zero-order chi connectivity index (χ0) is 12.3. The van der Waals surface area contributed by atoms with E-state index in [1.54, 1.807) is 36.4 Å². The van der Waals surface area contributed by atoms with E-state index < -0.39 is 0 Å². The van der Waals surface area contributed by atoms with E-state index in [-0.39, 0.29) is 5.82 Å². The van der Waals surface area contributed by atoms with E-state index in [0.717, 1.165) is 18.0 Å². The van der Waals surface area contributed by atoms with Crippen LogP contribution >= 0.6 is 23.4 Å². The first kappa shape index (κ1) is 12.1. The van der Waals surface area contributed by atoms with E-state index in [9.17, 15) is 9.18 Å². The van der Waals surface area contributed by atoms with Gasteiger partial charge in [-0.2, -0.15) is 0 Å². The van der Waals surface area contributed by atoms with Crippen molar-refractivity contribution in [1.29, 1.82) is 0 Å². The highest BCUT2D eigenvalue weighted by Gasteiger charge is 2.10. The van der Waals surface area contributed by atoms with Crippen molar-refractivity contribution in [1.82, 2.24) is 0 Å². The first-order chi connectivity index (χ1) is 8.22. The molecule has 0 aromatic heterocycles. The maximum atomic E-state index is 13.5. The van der Waals surface area contributed by atoms with Crippen molar-refractivity contribution in [3.8, 4) is 0 Å². The molecule has 2 rings (SSSR count). The summed E-state index contributed by atoms with van der Waals surface area (Å²) in [7, 11) is 0. The van der Waals surface area contributed by atoms with E-state index in [2.05, 4.69) is 0 Å². The van der Waals surface area contributed by atoms with Crippen LogP contribution in [0.1, 0.15) is 10.4 Å². The molecule has 0 heterocycles. The van der Waals surface area contributed by atoms with Gasteiger partial charge in [0, 0.05) is 15.4 Å². The summed E-state index contributed by atoms with van der Waals surface area (Å²) in [6.45, 7) is 0. The van der Waals surface area contributed by atoms with Crippen molar-refractivity contribution >= 4 is 29.6 Å². The first-order valence-corrected chi connectivity index (χ1v) is 6.08. The van der Waals surface area contributed by atoms with Crippen LogP contribution in [0.15, 0.2) is 52.3 Å². The normalized spacial score (nSPS) is 10.2. The predicted molar refractivity (Wildman–Crippen MR) is 67.4 cm³/mol. The Morgan fingerprint density at radius 3 is 2.59 bits per heavy atom. The maximum absolute atomic E-state index is 13.5.